The number of rotatable bonds is 3. The summed E-state index contributed by atoms with van der Waals surface area (Å²) in [5.41, 5.74) is 6.01. The molecule has 0 atom stereocenters. The smallest absolute Gasteiger partial charge is 0.273 e. The van der Waals surface area contributed by atoms with E-state index in [4.69, 9.17) is 10.5 Å². The van der Waals surface area contributed by atoms with Crippen molar-refractivity contribution in [1.29, 1.82) is 0 Å². The number of hydrogen-bond donors (Lipinski definition) is 1. The molecule has 1 aliphatic rings. The minimum Gasteiger partial charge on any atom is -0.490 e. The maximum absolute atomic E-state index is 12.3. The molecule has 2 heterocycles. The fourth-order valence-electron chi connectivity index (χ4n) is 2.42. The lowest BCUT2D eigenvalue weighted by Gasteiger charge is -2.31. The molecule has 2 N–H and O–H groups in total. The Hall–Kier alpha value is -2.08. The maximum Gasteiger partial charge on any atom is 0.273 e. The molecular formula is C15H17N3O2S. The molecule has 0 bridgehead atoms. The Morgan fingerprint density at radius 1 is 1.29 bits per heavy atom. The Labute approximate surface area is 127 Å². The summed E-state index contributed by atoms with van der Waals surface area (Å²) in [6, 6.07) is 9.79. The third-order valence-corrected chi connectivity index (χ3v) is 4.19. The van der Waals surface area contributed by atoms with Crippen LogP contribution in [0, 0.1) is 0 Å². The molecule has 1 saturated heterocycles. The van der Waals surface area contributed by atoms with Crippen molar-refractivity contribution in [2.45, 2.75) is 18.9 Å². The number of likely N-dealkylation sites (tertiary alicyclic amines) is 1. The summed E-state index contributed by atoms with van der Waals surface area (Å²) in [6.07, 6.45) is 1.83. The number of ether oxygens (including phenoxy) is 1. The first-order valence-corrected chi connectivity index (χ1v) is 7.82. The molecule has 0 unspecified atom stereocenters. The summed E-state index contributed by atoms with van der Waals surface area (Å²) in [4.78, 5) is 18.1. The van der Waals surface area contributed by atoms with E-state index in [-0.39, 0.29) is 12.0 Å². The van der Waals surface area contributed by atoms with E-state index in [2.05, 4.69) is 4.98 Å². The van der Waals surface area contributed by atoms with Gasteiger partial charge in [-0.1, -0.05) is 18.2 Å². The molecule has 1 aromatic heterocycles. The van der Waals surface area contributed by atoms with E-state index in [1.165, 1.54) is 11.3 Å². The van der Waals surface area contributed by atoms with Crippen LogP contribution in [0.5, 0.6) is 5.75 Å². The SMILES string of the molecule is Nc1nc(C(=O)N2CCC(Oc3ccccc3)CC2)cs1. The van der Waals surface area contributed by atoms with Gasteiger partial charge >= 0.3 is 0 Å². The van der Waals surface area contributed by atoms with Crippen molar-refractivity contribution >= 4 is 22.4 Å². The predicted molar refractivity (Wildman–Crippen MR) is 82.5 cm³/mol. The number of hydrogen-bond acceptors (Lipinski definition) is 5. The van der Waals surface area contributed by atoms with Crippen LogP contribution in [-0.2, 0) is 0 Å². The van der Waals surface area contributed by atoms with Crippen molar-refractivity contribution in [3.05, 3.63) is 41.4 Å². The molecule has 5 nitrogen and oxygen atoms in total. The van der Waals surface area contributed by atoms with Crippen LogP contribution in [0.15, 0.2) is 35.7 Å². The van der Waals surface area contributed by atoms with Gasteiger partial charge in [-0.3, -0.25) is 4.79 Å². The van der Waals surface area contributed by atoms with Gasteiger partial charge < -0.3 is 15.4 Å². The second-order valence-electron chi connectivity index (χ2n) is 4.99. The molecule has 1 amide bonds. The molecule has 21 heavy (non-hydrogen) atoms. The number of carbonyl (C=O) groups excluding carboxylic acids is 1. The van der Waals surface area contributed by atoms with Crippen LogP contribution in [0.4, 0.5) is 5.13 Å². The number of nitrogen functional groups attached to an aromatic ring is 1. The van der Waals surface area contributed by atoms with E-state index in [0.29, 0.717) is 23.9 Å². The van der Waals surface area contributed by atoms with Gasteiger partial charge in [0, 0.05) is 31.3 Å². The molecule has 0 saturated carbocycles. The van der Waals surface area contributed by atoms with Gasteiger partial charge in [-0.15, -0.1) is 11.3 Å². The highest BCUT2D eigenvalue weighted by atomic mass is 32.1. The van der Waals surface area contributed by atoms with Crippen molar-refractivity contribution in [1.82, 2.24) is 9.88 Å². The monoisotopic (exact) mass is 303 g/mol. The molecule has 0 spiro atoms. The van der Waals surface area contributed by atoms with Gasteiger partial charge in [0.1, 0.15) is 17.5 Å². The predicted octanol–water partition coefficient (Wildman–Crippen LogP) is 2.41. The van der Waals surface area contributed by atoms with Gasteiger partial charge in [-0.05, 0) is 12.1 Å². The molecule has 110 valence electrons. The highest BCUT2D eigenvalue weighted by molar-refractivity contribution is 7.13. The van der Waals surface area contributed by atoms with E-state index in [0.717, 1.165) is 18.6 Å². The number of aromatic nitrogens is 1. The normalized spacial score (nSPS) is 15.9. The number of carbonyl (C=O) groups is 1. The minimum absolute atomic E-state index is 0.0406. The van der Waals surface area contributed by atoms with Crippen LogP contribution in [-0.4, -0.2) is 35.0 Å². The number of thiazole rings is 1. The van der Waals surface area contributed by atoms with Crippen LogP contribution in [0.2, 0.25) is 0 Å². The number of amides is 1. The minimum atomic E-state index is -0.0406. The van der Waals surface area contributed by atoms with E-state index >= 15 is 0 Å². The summed E-state index contributed by atoms with van der Waals surface area (Å²) < 4.78 is 5.92. The van der Waals surface area contributed by atoms with Gasteiger partial charge in [0.25, 0.3) is 5.91 Å². The first-order valence-electron chi connectivity index (χ1n) is 6.94. The third-order valence-electron chi connectivity index (χ3n) is 3.52. The Kier molecular flexibility index (Phi) is 4.06. The molecule has 0 radical (unpaired) electrons. The number of nitrogens with two attached hydrogens (primary N) is 1. The van der Waals surface area contributed by atoms with Crippen molar-refractivity contribution in [2.75, 3.05) is 18.8 Å². The second-order valence-corrected chi connectivity index (χ2v) is 5.88. The van der Waals surface area contributed by atoms with Crippen molar-refractivity contribution in [2.24, 2.45) is 0 Å². The highest BCUT2D eigenvalue weighted by Gasteiger charge is 2.25. The van der Waals surface area contributed by atoms with Gasteiger partial charge in [0.05, 0.1) is 0 Å². The van der Waals surface area contributed by atoms with Crippen LogP contribution in [0.1, 0.15) is 23.3 Å². The van der Waals surface area contributed by atoms with E-state index in [9.17, 15) is 4.79 Å². The quantitative estimate of drug-likeness (QED) is 0.945. The van der Waals surface area contributed by atoms with Gasteiger partial charge in [-0.2, -0.15) is 0 Å². The number of nitrogens with zero attached hydrogens (tertiary/aromatic N) is 2. The van der Waals surface area contributed by atoms with Crippen LogP contribution < -0.4 is 10.5 Å². The van der Waals surface area contributed by atoms with Gasteiger partial charge in [0.15, 0.2) is 5.13 Å². The first kappa shape index (κ1) is 13.9. The molecule has 2 aromatic rings. The van der Waals surface area contributed by atoms with Crippen LogP contribution in [0.3, 0.4) is 0 Å². The number of anilines is 1. The number of piperidine rings is 1. The highest BCUT2D eigenvalue weighted by Crippen LogP contribution is 2.20. The topological polar surface area (TPSA) is 68.5 Å². The molecule has 0 aliphatic carbocycles. The Balaban J connectivity index is 1.54. The second kappa shape index (κ2) is 6.13. The summed E-state index contributed by atoms with van der Waals surface area (Å²) >= 11 is 1.29. The zero-order chi connectivity index (χ0) is 14.7. The lowest BCUT2D eigenvalue weighted by molar-refractivity contribution is 0.0591. The summed E-state index contributed by atoms with van der Waals surface area (Å²) in [6.45, 7) is 1.38. The standard InChI is InChI=1S/C15H17N3O2S/c16-15-17-13(10-21-15)14(19)18-8-6-12(7-9-18)20-11-4-2-1-3-5-11/h1-5,10,12H,6-9H2,(H2,16,17). The average molecular weight is 303 g/mol. The molecule has 1 aromatic carbocycles. The third kappa shape index (κ3) is 3.33. The van der Waals surface area contributed by atoms with Crippen molar-refractivity contribution in [3.63, 3.8) is 0 Å². The Morgan fingerprint density at radius 3 is 2.62 bits per heavy atom. The summed E-state index contributed by atoms with van der Waals surface area (Å²) in [5, 5.41) is 2.14. The fourth-order valence-corrected chi connectivity index (χ4v) is 2.95. The summed E-state index contributed by atoms with van der Waals surface area (Å²) in [5.74, 6) is 0.843. The van der Waals surface area contributed by atoms with Gasteiger partial charge in [-0.25, -0.2) is 4.98 Å². The van der Waals surface area contributed by atoms with Crippen molar-refractivity contribution in [3.8, 4) is 5.75 Å². The van der Waals surface area contributed by atoms with E-state index in [1.807, 2.05) is 35.2 Å². The maximum atomic E-state index is 12.3. The average Bonchev–Trinajstić information content (AvgIpc) is 2.95. The van der Waals surface area contributed by atoms with E-state index in [1.54, 1.807) is 5.38 Å². The fraction of sp³-hybridized carbons (Fsp3) is 0.333. The summed E-state index contributed by atoms with van der Waals surface area (Å²) in [7, 11) is 0. The lowest BCUT2D eigenvalue weighted by atomic mass is 10.1. The number of benzene rings is 1. The van der Waals surface area contributed by atoms with Crippen molar-refractivity contribution < 1.29 is 9.53 Å². The Bertz CT molecular complexity index is 606. The zero-order valence-corrected chi connectivity index (χ0v) is 12.4. The lowest BCUT2D eigenvalue weighted by Crippen LogP contribution is -2.41. The molecule has 1 fully saturated rings. The van der Waals surface area contributed by atoms with Crippen LogP contribution >= 0.6 is 11.3 Å². The molecule has 3 rings (SSSR count). The molecular weight excluding hydrogens is 286 g/mol. The largest absolute Gasteiger partial charge is 0.490 e. The number of para-hydroxylation sites is 1. The van der Waals surface area contributed by atoms with Crippen LogP contribution in [0.25, 0.3) is 0 Å². The first-order chi connectivity index (χ1) is 10.2. The Morgan fingerprint density at radius 2 is 2.00 bits per heavy atom. The van der Waals surface area contributed by atoms with E-state index < -0.39 is 0 Å². The zero-order valence-electron chi connectivity index (χ0n) is 11.6. The molecule has 6 heteroatoms. The molecule has 1 aliphatic heterocycles. The van der Waals surface area contributed by atoms with Gasteiger partial charge in [0.2, 0.25) is 0 Å².